The van der Waals surface area contributed by atoms with Crippen LogP contribution in [0.1, 0.15) is 23.2 Å². The quantitative estimate of drug-likeness (QED) is 0.675. The van der Waals surface area contributed by atoms with Crippen LogP contribution in [0.2, 0.25) is 0 Å². The minimum atomic E-state index is -1.25. The fourth-order valence-corrected chi connectivity index (χ4v) is 1.99. The normalized spacial score (nSPS) is 21.1. The van der Waals surface area contributed by atoms with Crippen LogP contribution in [0.5, 0.6) is 0 Å². The summed E-state index contributed by atoms with van der Waals surface area (Å²) in [5.74, 6) is -3.17. The number of carbonyl (C=O) groups excluding carboxylic acids is 1. The van der Waals surface area contributed by atoms with Crippen molar-refractivity contribution < 1.29 is 23.2 Å². The Hall–Kier alpha value is -2.09. The maximum Gasteiger partial charge on any atom is 0.307 e. The van der Waals surface area contributed by atoms with Crippen molar-refractivity contribution in [2.45, 2.75) is 25.0 Å². The predicted octanol–water partition coefficient (Wildman–Crippen LogP) is 1.78. The molecule has 1 aromatic rings. The largest absolute Gasteiger partial charge is 0.381 e. The molecule has 6 nitrogen and oxygen atoms in total. The van der Waals surface area contributed by atoms with E-state index in [4.69, 9.17) is 4.74 Å². The number of methoxy groups -OCH3 is 1. The number of nitrogens with one attached hydrogen (secondary N) is 1. The lowest BCUT2D eigenvalue weighted by molar-refractivity contribution is -0.387. The molecular formula is C12H12F2N2O4. The second-order valence-corrected chi connectivity index (χ2v) is 4.54. The molecule has 0 aromatic heterocycles. The number of nitro groups is 1. The Morgan fingerprint density at radius 2 is 2.05 bits per heavy atom. The van der Waals surface area contributed by atoms with Gasteiger partial charge in [-0.2, -0.15) is 4.39 Å². The number of amides is 1. The molecule has 1 aromatic carbocycles. The van der Waals surface area contributed by atoms with Crippen molar-refractivity contribution >= 4 is 11.6 Å². The van der Waals surface area contributed by atoms with E-state index in [9.17, 15) is 23.7 Å². The summed E-state index contributed by atoms with van der Waals surface area (Å²) in [4.78, 5) is 21.2. The van der Waals surface area contributed by atoms with Gasteiger partial charge in [0.2, 0.25) is 5.82 Å². The maximum absolute atomic E-state index is 13.6. The van der Waals surface area contributed by atoms with Crippen molar-refractivity contribution in [2.24, 2.45) is 0 Å². The van der Waals surface area contributed by atoms with Crippen LogP contribution in [0.15, 0.2) is 12.1 Å². The number of benzene rings is 1. The highest BCUT2D eigenvalue weighted by molar-refractivity contribution is 5.95. The maximum atomic E-state index is 13.6. The summed E-state index contributed by atoms with van der Waals surface area (Å²) < 4.78 is 32.0. The summed E-state index contributed by atoms with van der Waals surface area (Å²) in [5, 5.41) is 13.0. The number of nitrogens with zero attached hydrogens (tertiary/aromatic N) is 1. The highest BCUT2D eigenvalue weighted by Crippen LogP contribution is 2.24. The van der Waals surface area contributed by atoms with E-state index in [0.717, 1.165) is 0 Å². The SMILES string of the molecule is COC1CC(NC(=O)c2cc(F)c([N+](=O)[O-])cc2F)C1. The molecule has 0 heterocycles. The van der Waals surface area contributed by atoms with Crippen molar-refractivity contribution in [3.63, 3.8) is 0 Å². The van der Waals surface area contributed by atoms with Gasteiger partial charge >= 0.3 is 5.69 Å². The van der Waals surface area contributed by atoms with Gasteiger partial charge in [-0.15, -0.1) is 0 Å². The van der Waals surface area contributed by atoms with Crippen LogP contribution in [0.25, 0.3) is 0 Å². The Bertz CT molecular complexity index is 559. The zero-order chi connectivity index (χ0) is 14.9. The summed E-state index contributed by atoms with van der Waals surface area (Å²) in [7, 11) is 1.55. The van der Waals surface area contributed by atoms with Gasteiger partial charge in [-0.25, -0.2) is 4.39 Å². The lowest BCUT2D eigenvalue weighted by Gasteiger charge is -2.34. The van der Waals surface area contributed by atoms with Gasteiger partial charge in [0.05, 0.1) is 22.7 Å². The standard InChI is InChI=1S/C12H12F2N2O4/c1-20-7-2-6(3-7)15-12(17)8-4-10(14)11(16(18)19)5-9(8)13/h4-7H,2-3H2,1H3,(H,15,17). The van der Waals surface area contributed by atoms with Crippen molar-refractivity contribution in [3.05, 3.63) is 39.4 Å². The number of carbonyl (C=O) groups is 1. The molecule has 108 valence electrons. The second-order valence-electron chi connectivity index (χ2n) is 4.54. The van der Waals surface area contributed by atoms with Crippen LogP contribution >= 0.6 is 0 Å². The first-order chi connectivity index (χ1) is 9.42. The summed E-state index contributed by atoms with van der Waals surface area (Å²) in [6.07, 6.45) is 1.25. The first kappa shape index (κ1) is 14.3. The van der Waals surface area contributed by atoms with Crippen LogP contribution in [-0.4, -0.2) is 30.1 Å². The molecule has 20 heavy (non-hydrogen) atoms. The molecule has 1 fully saturated rings. The Labute approximate surface area is 112 Å². The van der Waals surface area contributed by atoms with Crippen LogP contribution in [0.4, 0.5) is 14.5 Å². The van der Waals surface area contributed by atoms with Gasteiger partial charge in [0.15, 0.2) is 0 Å². The molecule has 1 amide bonds. The zero-order valence-electron chi connectivity index (χ0n) is 10.6. The molecule has 0 radical (unpaired) electrons. The third kappa shape index (κ3) is 2.74. The van der Waals surface area contributed by atoms with E-state index < -0.39 is 33.7 Å². The summed E-state index contributed by atoms with van der Waals surface area (Å²) in [6, 6.07) is 0.781. The van der Waals surface area contributed by atoms with Crippen molar-refractivity contribution in [3.8, 4) is 0 Å². The lowest BCUT2D eigenvalue weighted by Crippen LogP contribution is -2.47. The van der Waals surface area contributed by atoms with Crippen molar-refractivity contribution in [1.29, 1.82) is 0 Å². The smallest absolute Gasteiger partial charge is 0.307 e. The van der Waals surface area contributed by atoms with Crippen LogP contribution in [-0.2, 0) is 4.74 Å². The van der Waals surface area contributed by atoms with Crippen LogP contribution < -0.4 is 5.32 Å². The molecule has 1 N–H and O–H groups in total. The Balaban J connectivity index is 2.11. The van der Waals surface area contributed by atoms with E-state index in [1.165, 1.54) is 0 Å². The first-order valence-electron chi connectivity index (χ1n) is 5.89. The van der Waals surface area contributed by atoms with E-state index in [0.29, 0.717) is 25.0 Å². The van der Waals surface area contributed by atoms with Gasteiger partial charge in [-0.3, -0.25) is 14.9 Å². The molecule has 1 aliphatic rings. The lowest BCUT2D eigenvalue weighted by atomic mass is 9.89. The Morgan fingerprint density at radius 1 is 1.40 bits per heavy atom. The molecule has 1 saturated carbocycles. The number of hydrogen-bond acceptors (Lipinski definition) is 4. The van der Waals surface area contributed by atoms with Gasteiger partial charge in [-0.05, 0) is 18.9 Å². The third-order valence-corrected chi connectivity index (χ3v) is 3.24. The average Bonchev–Trinajstić information content (AvgIpc) is 2.34. The van der Waals surface area contributed by atoms with E-state index in [1.807, 2.05) is 0 Å². The van der Waals surface area contributed by atoms with E-state index >= 15 is 0 Å². The van der Waals surface area contributed by atoms with Gasteiger partial charge in [0.25, 0.3) is 5.91 Å². The third-order valence-electron chi connectivity index (χ3n) is 3.24. The number of ether oxygens (including phenoxy) is 1. The van der Waals surface area contributed by atoms with Crippen LogP contribution in [0.3, 0.4) is 0 Å². The fraction of sp³-hybridized carbons (Fsp3) is 0.417. The predicted molar refractivity (Wildman–Crippen MR) is 64.3 cm³/mol. The first-order valence-corrected chi connectivity index (χ1v) is 5.89. The van der Waals surface area contributed by atoms with Crippen molar-refractivity contribution in [1.82, 2.24) is 5.32 Å². The summed E-state index contributed by atoms with van der Waals surface area (Å²) >= 11 is 0. The number of halogens is 2. The number of nitro benzene ring substituents is 1. The molecule has 0 unspecified atom stereocenters. The summed E-state index contributed by atoms with van der Waals surface area (Å²) in [5.41, 5.74) is -1.55. The highest BCUT2D eigenvalue weighted by Gasteiger charge is 2.31. The Morgan fingerprint density at radius 3 is 2.60 bits per heavy atom. The topological polar surface area (TPSA) is 81.5 Å². The van der Waals surface area contributed by atoms with Gasteiger partial charge < -0.3 is 10.1 Å². The molecule has 0 bridgehead atoms. The summed E-state index contributed by atoms with van der Waals surface area (Å²) in [6.45, 7) is 0. The fourth-order valence-electron chi connectivity index (χ4n) is 1.99. The monoisotopic (exact) mass is 286 g/mol. The second kappa shape index (κ2) is 5.49. The molecule has 0 aliphatic heterocycles. The van der Waals surface area contributed by atoms with E-state index in [2.05, 4.69) is 5.32 Å². The number of rotatable bonds is 4. The van der Waals surface area contributed by atoms with Crippen molar-refractivity contribution in [2.75, 3.05) is 7.11 Å². The minimum absolute atomic E-state index is 0.0544. The molecule has 2 rings (SSSR count). The van der Waals surface area contributed by atoms with Crippen LogP contribution in [0, 0.1) is 21.7 Å². The molecule has 8 heteroatoms. The van der Waals surface area contributed by atoms with E-state index in [1.54, 1.807) is 7.11 Å². The van der Waals surface area contributed by atoms with Gasteiger partial charge in [0.1, 0.15) is 5.82 Å². The Kier molecular flexibility index (Phi) is 3.93. The number of hydrogen-bond donors (Lipinski definition) is 1. The van der Waals surface area contributed by atoms with E-state index in [-0.39, 0.29) is 12.1 Å². The highest BCUT2D eigenvalue weighted by atomic mass is 19.1. The average molecular weight is 286 g/mol. The van der Waals surface area contributed by atoms with Gasteiger partial charge in [0, 0.05) is 13.2 Å². The molecule has 0 spiro atoms. The van der Waals surface area contributed by atoms with Gasteiger partial charge in [-0.1, -0.05) is 0 Å². The molecule has 0 saturated heterocycles. The molecular weight excluding hydrogens is 274 g/mol. The zero-order valence-corrected chi connectivity index (χ0v) is 10.6. The molecule has 0 atom stereocenters. The molecule has 1 aliphatic carbocycles. The minimum Gasteiger partial charge on any atom is -0.381 e.